The van der Waals surface area contributed by atoms with E-state index in [1.165, 1.54) is 23.9 Å². The number of carbonyl (C=O) groups is 1. The van der Waals surface area contributed by atoms with Crippen molar-refractivity contribution in [3.05, 3.63) is 35.1 Å². The maximum atomic E-state index is 11.2. The molecule has 0 spiro atoms. The van der Waals surface area contributed by atoms with Gasteiger partial charge in [-0.15, -0.1) is 0 Å². The summed E-state index contributed by atoms with van der Waals surface area (Å²) in [5.41, 5.74) is 5.99. The molecule has 0 aliphatic carbocycles. The highest BCUT2D eigenvalue weighted by atomic mass is 35.5. The SMILES string of the molecule is Cn1ccnc1Sc1c(Cl)cc(N)cc1C(=O)O. The third kappa shape index (κ3) is 2.44. The monoisotopic (exact) mass is 283 g/mol. The molecule has 7 heteroatoms. The van der Waals surface area contributed by atoms with Gasteiger partial charge in [-0.25, -0.2) is 9.78 Å². The lowest BCUT2D eigenvalue weighted by atomic mass is 10.2. The topological polar surface area (TPSA) is 81.1 Å². The molecule has 5 nitrogen and oxygen atoms in total. The Bertz CT molecular complexity index is 612. The Morgan fingerprint density at radius 2 is 2.28 bits per heavy atom. The molecule has 0 aliphatic heterocycles. The van der Waals surface area contributed by atoms with Crippen molar-refractivity contribution in [1.29, 1.82) is 0 Å². The van der Waals surface area contributed by atoms with Crippen molar-refractivity contribution in [2.24, 2.45) is 7.05 Å². The zero-order valence-electron chi connectivity index (χ0n) is 9.42. The van der Waals surface area contributed by atoms with Crippen molar-refractivity contribution in [2.75, 3.05) is 5.73 Å². The summed E-state index contributed by atoms with van der Waals surface area (Å²) in [6.07, 6.45) is 3.40. The lowest BCUT2D eigenvalue weighted by molar-refractivity contribution is 0.0693. The fraction of sp³-hybridized carbons (Fsp3) is 0.0909. The Morgan fingerprint density at radius 1 is 1.56 bits per heavy atom. The van der Waals surface area contributed by atoms with Crippen LogP contribution in [0.2, 0.25) is 5.02 Å². The van der Waals surface area contributed by atoms with Crippen LogP contribution < -0.4 is 5.73 Å². The summed E-state index contributed by atoms with van der Waals surface area (Å²) >= 11 is 7.24. The van der Waals surface area contributed by atoms with Crippen LogP contribution in [0, 0.1) is 0 Å². The third-order valence-electron chi connectivity index (χ3n) is 2.27. The van der Waals surface area contributed by atoms with Gasteiger partial charge in [0.2, 0.25) is 0 Å². The van der Waals surface area contributed by atoms with Crippen LogP contribution in [0.4, 0.5) is 5.69 Å². The number of aromatic nitrogens is 2. The minimum Gasteiger partial charge on any atom is -0.478 e. The van der Waals surface area contributed by atoms with Crippen molar-refractivity contribution in [1.82, 2.24) is 9.55 Å². The predicted octanol–water partition coefficient (Wildman–Crippen LogP) is 2.51. The lowest BCUT2D eigenvalue weighted by Gasteiger charge is -2.09. The van der Waals surface area contributed by atoms with Gasteiger partial charge in [0.15, 0.2) is 5.16 Å². The zero-order valence-corrected chi connectivity index (χ0v) is 11.0. The van der Waals surface area contributed by atoms with Crippen LogP contribution in [0.3, 0.4) is 0 Å². The van der Waals surface area contributed by atoms with Crippen molar-refractivity contribution >= 4 is 35.0 Å². The first-order valence-electron chi connectivity index (χ1n) is 4.96. The number of carboxylic acids is 1. The number of nitrogen functional groups attached to an aromatic ring is 1. The van der Waals surface area contributed by atoms with Crippen molar-refractivity contribution in [2.45, 2.75) is 10.1 Å². The molecule has 0 radical (unpaired) electrons. The molecule has 1 aromatic carbocycles. The smallest absolute Gasteiger partial charge is 0.336 e. The average molecular weight is 284 g/mol. The average Bonchev–Trinajstić information content (AvgIpc) is 2.67. The number of hydrogen-bond donors (Lipinski definition) is 2. The second kappa shape index (κ2) is 4.91. The van der Waals surface area contributed by atoms with Gasteiger partial charge in [-0.1, -0.05) is 11.6 Å². The van der Waals surface area contributed by atoms with Gasteiger partial charge >= 0.3 is 5.97 Å². The van der Waals surface area contributed by atoms with Gasteiger partial charge in [0.05, 0.1) is 10.6 Å². The molecule has 0 saturated carbocycles. The number of imidazole rings is 1. The molecular formula is C11H10ClN3O2S. The largest absolute Gasteiger partial charge is 0.478 e. The van der Waals surface area contributed by atoms with Gasteiger partial charge in [0.1, 0.15) is 0 Å². The van der Waals surface area contributed by atoms with E-state index in [-0.39, 0.29) is 5.56 Å². The molecule has 0 amide bonds. The van der Waals surface area contributed by atoms with Crippen LogP contribution in [-0.2, 0) is 7.05 Å². The van der Waals surface area contributed by atoms with E-state index in [2.05, 4.69) is 4.98 Å². The number of rotatable bonds is 3. The number of anilines is 1. The van der Waals surface area contributed by atoms with E-state index in [4.69, 9.17) is 22.4 Å². The van der Waals surface area contributed by atoms with Crippen LogP contribution in [-0.4, -0.2) is 20.6 Å². The normalized spacial score (nSPS) is 10.6. The van der Waals surface area contributed by atoms with E-state index >= 15 is 0 Å². The Kier molecular flexibility index (Phi) is 3.49. The molecule has 0 unspecified atom stereocenters. The number of nitrogens with two attached hydrogens (primary N) is 1. The molecule has 2 rings (SSSR count). The summed E-state index contributed by atoms with van der Waals surface area (Å²) in [6.45, 7) is 0. The second-order valence-electron chi connectivity index (χ2n) is 3.61. The van der Waals surface area contributed by atoms with Crippen LogP contribution >= 0.6 is 23.4 Å². The summed E-state index contributed by atoms with van der Waals surface area (Å²) < 4.78 is 1.78. The molecule has 3 N–H and O–H groups in total. The summed E-state index contributed by atoms with van der Waals surface area (Å²) in [6, 6.07) is 2.92. The maximum absolute atomic E-state index is 11.2. The number of hydrogen-bond acceptors (Lipinski definition) is 4. The Labute approximate surface area is 113 Å². The summed E-state index contributed by atoms with van der Waals surface area (Å²) in [5, 5.41) is 10.1. The van der Waals surface area contributed by atoms with E-state index in [1.807, 2.05) is 7.05 Å². The first-order chi connectivity index (χ1) is 8.49. The van der Waals surface area contributed by atoms with Gasteiger partial charge in [0, 0.05) is 30.0 Å². The summed E-state index contributed by atoms with van der Waals surface area (Å²) in [7, 11) is 1.82. The van der Waals surface area contributed by atoms with Gasteiger partial charge in [0.25, 0.3) is 0 Å². The third-order valence-corrected chi connectivity index (χ3v) is 3.90. The van der Waals surface area contributed by atoms with E-state index in [1.54, 1.807) is 17.0 Å². The number of nitrogens with zero attached hydrogens (tertiary/aromatic N) is 2. The molecule has 0 fully saturated rings. The molecule has 0 atom stereocenters. The lowest BCUT2D eigenvalue weighted by Crippen LogP contribution is -2.02. The van der Waals surface area contributed by atoms with Crippen LogP contribution in [0.15, 0.2) is 34.6 Å². The Hall–Kier alpha value is -1.66. The predicted molar refractivity (Wildman–Crippen MR) is 70.2 cm³/mol. The first kappa shape index (κ1) is 12.8. The Balaban J connectivity index is 2.50. The van der Waals surface area contributed by atoms with Crippen LogP contribution in [0.5, 0.6) is 0 Å². The van der Waals surface area contributed by atoms with Gasteiger partial charge in [-0.3, -0.25) is 0 Å². The number of benzene rings is 1. The quantitative estimate of drug-likeness (QED) is 0.846. The highest BCUT2D eigenvalue weighted by Gasteiger charge is 2.17. The zero-order chi connectivity index (χ0) is 13.3. The second-order valence-corrected chi connectivity index (χ2v) is 4.99. The fourth-order valence-corrected chi connectivity index (χ4v) is 2.68. The molecule has 1 heterocycles. The van der Waals surface area contributed by atoms with Crippen LogP contribution in [0.1, 0.15) is 10.4 Å². The molecule has 94 valence electrons. The number of carboxylic acid groups (broad SMARTS) is 1. The van der Waals surface area contributed by atoms with E-state index < -0.39 is 5.97 Å². The highest BCUT2D eigenvalue weighted by molar-refractivity contribution is 7.99. The maximum Gasteiger partial charge on any atom is 0.336 e. The van der Waals surface area contributed by atoms with E-state index in [9.17, 15) is 4.79 Å². The van der Waals surface area contributed by atoms with Crippen molar-refractivity contribution in [3.8, 4) is 0 Å². The van der Waals surface area contributed by atoms with Crippen LogP contribution in [0.25, 0.3) is 0 Å². The minimum absolute atomic E-state index is 0.0769. The first-order valence-corrected chi connectivity index (χ1v) is 6.16. The van der Waals surface area contributed by atoms with E-state index in [0.717, 1.165) is 0 Å². The molecule has 0 aliphatic rings. The van der Waals surface area contributed by atoms with Crippen molar-refractivity contribution < 1.29 is 9.90 Å². The van der Waals surface area contributed by atoms with Gasteiger partial charge in [-0.2, -0.15) is 0 Å². The highest BCUT2D eigenvalue weighted by Crippen LogP contribution is 2.36. The van der Waals surface area contributed by atoms with Gasteiger partial charge < -0.3 is 15.4 Å². The number of halogens is 1. The number of aryl methyl sites for hydroxylation is 1. The molecule has 0 saturated heterocycles. The molecule has 18 heavy (non-hydrogen) atoms. The molecule has 2 aromatic rings. The standard InChI is InChI=1S/C11H10ClN3O2S/c1-15-3-2-14-11(15)18-9-7(10(16)17)4-6(13)5-8(9)12/h2-5H,13H2,1H3,(H,16,17). The summed E-state index contributed by atoms with van der Waals surface area (Å²) in [4.78, 5) is 15.7. The van der Waals surface area contributed by atoms with E-state index in [0.29, 0.717) is 20.8 Å². The van der Waals surface area contributed by atoms with Gasteiger partial charge in [-0.05, 0) is 23.9 Å². The molecule has 0 bridgehead atoms. The Morgan fingerprint density at radius 3 is 2.83 bits per heavy atom. The number of aromatic carboxylic acids is 1. The molecule has 1 aromatic heterocycles. The summed E-state index contributed by atoms with van der Waals surface area (Å²) in [5.74, 6) is -1.07. The fourth-order valence-electron chi connectivity index (χ4n) is 1.42. The minimum atomic E-state index is -1.07. The van der Waals surface area contributed by atoms with Crippen molar-refractivity contribution in [3.63, 3.8) is 0 Å². The molecular weight excluding hydrogens is 274 g/mol.